The van der Waals surface area contributed by atoms with E-state index in [1.54, 1.807) is 12.1 Å². The Morgan fingerprint density at radius 2 is 1.57 bits per heavy atom. The summed E-state index contributed by atoms with van der Waals surface area (Å²) in [6.45, 7) is 1.75. The smallest absolute Gasteiger partial charge is 0.416 e. The van der Waals surface area contributed by atoms with Crippen molar-refractivity contribution in [3.05, 3.63) is 65.2 Å². The van der Waals surface area contributed by atoms with Crippen molar-refractivity contribution in [3.63, 3.8) is 0 Å². The number of ketones is 1. The van der Waals surface area contributed by atoms with E-state index in [-0.39, 0.29) is 23.4 Å². The molecule has 1 heterocycles. The lowest BCUT2D eigenvalue weighted by molar-refractivity contribution is -0.137. The van der Waals surface area contributed by atoms with Crippen molar-refractivity contribution in [2.24, 2.45) is 11.8 Å². The zero-order chi connectivity index (χ0) is 21.5. The Bertz CT molecular complexity index is 895. The Morgan fingerprint density at radius 3 is 2.10 bits per heavy atom. The number of alkyl halides is 3. The lowest BCUT2D eigenvalue weighted by atomic mass is 9.91. The number of likely N-dealkylation sites (tertiary alicyclic amines) is 1. The molecule has 1 saturated carbocycles. The summed E-state index contributed by atoms with van der Waals surface area (Å²) in [4.78, 5) is 14.5. The van der Waals surface area contributed by atoms with E-state index < -0.39 is 17.3 Å². The number of fused-ring (bicyclic) bond motifs is 1. The van der Waals surface area contributed by atoms with Gasteiger partial charge in [0.25, 0.3) is 0 Å². The van der Waals surface area contributed by atoms with Crippen molar-refractivity contribution in [2.75, 3.05) is 19.6 Å². The maximum Gasteiger partial charge on any atom is 0.416 e. The van der Waals surface area contributed by atoms with E-state index in [1.807, 2.05) is 0 Å². The molecule has 1 saturated heterocycles. The lowest BCUT2D eigenvalue weighted by Crippen LogP contribution is -2.34. The van der Waals surface area contributed by atoms with Crippen molar-refractivity contribution in [3.8, 4) is 5.75 Å². The standard InChI is InChI=1S/C23H24F3NO3/c24-23(25,26)19-5-1-15(2-6-19)9-22(30)10-17-12-27(13-18(17)11-22)14-21(29)16-3-7-20(28)8-4-16/h1-8,17-18,28,30H,9-14H2/t17-,18+,22+. The normalized spacial score (nSPS) is 26.7. The summed E-state index contributed by atoms with van der Waals surface area (Å²) >= 11 is 0. The van der Waals surface area contributed by atoms with Crippen LogP contribution in [-0.2, 0) is 12.6 Å². The average molecular weight is 419 g/mol. The van der Waals surface area contributed by atoms with Gasteiger partial charge in [0.1, 0.15) is 5.75 Å². The highest BCUT2D eigenvalue weighted by molar-refractivity contribution is 5.97. The van der Waals surface area contributed by atoms with Gasteiger partial charge in [-0.15, -0.1) is 0 Å². The van der Waals surface area contributed by atoms with E-state index in [9.17, 15) is 28.2 Å². The topological polar surface area (TPSA) is 60.8 Å². The maximum atomic E-state index is 12.7. The van der Waals surface area contributed by atoms with Gasteiger partial charge in [0.15, 0.2) is 5.78 Å². The van der Waals surface area contributed by atoms with Gasteiger partial charge in [-0.3, -0.25) is 9.69 Å². The lowest BCUT2D eigenvalue weighted by Gasteiger charge is -2.26. The van der Waals surface area contributed by atoms with Crippen molar-refractivity contribution in [2.45, 2.75) is 31.0 Å². The molecule has 0 aromatic heterocycles. The number of hydrogen-bond donors (Lipinski definition) is 2. The molecule has 1 aliphatic carbocycles. The van der Waals surface area contributed by atoms with Gasteiger partial charge >= 0.3 is 6.18 Å². The quantitative estimate of drug-likeness (QED) is 0.722. The Kier molecular flexibility index (Phi) is 5.36. The molecular formula is C23H24F3NO3. The van der Waals surface area contributed by atoms with Crippen LogP contribution in [0.2, 0.25) is 0 Å². The molecule has 0 spiro atoms. The molecule has 0 amide bonds. The summed E-state index contributed by atoms with van der Waals surface area (Å²) in [5.41, 5.74) is -0.341. The third-order valence-corrected chi connectivity index (χ3v) is 6.31. The molecule has 2 N–H and O–H groups in total. The van der Waals surface area contributed by atoms with Crippen LogP contribution >= 0.6 is 0 Å². The number of phenols is 1. The van der Waals surface area contributed by atoms with Crippen LogP contribution in [-0.4, -0.2) is 46.1 Å². The highest BCUT2D eigenvalue weighted by atomic mass is 19.4. The van der Waals surface area contributed by atoms with E-state index in [1.165, 1.54) is 24.3 Å². The fraction of sp³-hybridized carbons (Fsp3) is 0.435. The molecular weight excluding hydrogens is 395 g/mol. The molecule has 160 valence electrons. The molecule has 0 unspecified atom stereocenters. The fourth-order valence-electron chi connectivity index (χ4n) is 4.96. The van der Waals surface area contributed by atoms with E-state index in [2.05, 4.69) is 4.90 Å². The van der Waals surface area contributed by atoms with Crippen molar-refractivity contribution in [1.82, 2.24) is 4.90 Å². The number of aromatic hydroxyl groups is 1. The summed E-state index contributed by atoms with van der Waals surface area (Å²) in [7, 11) is 0. The second-order valence-electron chi connectivity index (χ2n) is 8.69. The van der Waals surface area contributed by atoms with Gasteiger partial charge in [-0.25, -0.2) is 0 Å². The van der Waals surface area contributed by atoms with Gasteiger partial charge in [-0.05, 0) is 66.6 Å². The zero-order valence-electron chi connectivity index (χ0n) is 16.4. The van der Waals surface area contributed by atoms with Crippen molar-refractivity contribution < 1.29 is 28.2 Å². The number of carbonyl (C=O) groups is 1. The van der Waals surface area contributed by atoms with Gasteiger partial charge in [-0.1, -0.05) is 12.1 Å². The first kappa shape index (κ1) is 20.9. The third-order valence-electron chi connectivity index (χ3n) is 6.31. The number of phenolic OH excluding ortho intramolecular Hbond substituents is 1. The Labute approximate surface area is 172 Å². The second-order valence-corrected chi connectivity index (χ2v) is 8.69. The van der Waals surface area contributed by atoms with E-state index in [4.69, 9.17) is 0 Å². The molecule has 2 aromatic carbocycles. The molecule has 0 radical (unpaired) electrons. The van der Waals surface area contributed by atoms with Crippen LogP contribution in [0.1, 0.15) is 34.3 Å². The monoisotopic (exact) mass is 419 g/mol. The van der Waals surface area contributed by atoms with E-state index in [0.29, 0.717) is 36.9 Å². The maximum absolute atomic E-state index is 12.7. The van der Waals surface area contributed by atoms with Crippen molar-refractivity contribution >= 4 is 5.78 Å². The number of nitrogens with zero attached hydrogens (tertiary/aromatic N) is 1. The molecule has 2 aromatic rings. The van der Waals surface area contributed by atoms with Gasteiger partial charge in [0.2, 0.25) is 0 Å². The first-order chi connectivity index (χ1) is 14.1. The first-order valence-electron chi connectivity index (χ1n) is 10.0. The second kappa shape index (κ2) is 7.71. The first-order valence-corrected chi connectivity index (χ1v) is 10.0. The van der Waals surface area contributed by atoms with Gasteiger partial charge in [0.05, 0.1) is 17.7 Å². The number of hydrogen-bond acceptors (Lipinski definition) is 4. The minimum atomic E-state index is -4.36. The van der Waals surface area contributed by atoms with E-state index >= 15 is 0 Å². The summed E-state index contributed by atoms with van der Waals surface area (Å²) < 4.78 is 38.2. The summed E-state index contributed by atoms with van der Waals surface area (Å²) in [6.07, 6.45) is -2.85. The highest BCUT2D eigenvalue weighted by Crippen LogP contribution is 2.45. The predicted octanol–water partition coefficient (Wildman–Crippen LogP) is 3.91. The van der Waals surface area contributed by atoms with Crippen LogP contribution in [0.4, 0.5) is 13.2 Å². The molecule has 4 nitrogen and oxygen atoms in total. The number of halogens is 3. The molecule has 3 atom stereocenters. The van der Waals surface area contributed by atoms with Crippen LogP contribution in [0.25, 0.3) is 0 Å². The average Bonchev–Trinajstić information content (AvgIpc) is 3.15. The predicted molar refractivity (Wildman–Crippen MR) is 105 cm³/mol. The molecule has 30 heavy (non-hydrogen) atoms. The number of carbonyl (C=O) groups excluding carboxylic acids is 1. The highest BCUT2D eigenvalue weighted by Gasteiger charge is 2.48. The summed E-state index contributed by atoms with van der Waals surface area (Å²) in [5.74, 6) is 0.665. The Hall–Kier alpha value is -2.38. The van der Waals surface area contributed by atoms with Crippen LogP contribution in [0.15, 0.2) is 48.5 Å². The van der Waals surface area contributed by atoms with Gasteiger partial charge < -0.3 is 10.2 Å². The number of aliphatic hydroxyl groups is 1. The van der Waals surface area contributed by atoms with Gasteiger partial charge in [-0.2, -0.15) is 13.2 Å². The Morgan fingerprint density at radius 1 is 1.00 bits per heavy atom. The number of rotatable bonds is 5. The van der Waals surface area contributed by atoms with Crippen molar-refractivity contribution in [1.29, 1.82) is 0 Å². The van der Waals surface area contributed by atoms with Crippen LogP contribution in [0.3, 0.4) is 0 Å². The number of Topliss-reactive ketones (excluding diaryl/α,β-unsaturated/α-hetero) is 1. The molecule has 4 rings (SSSR count). The number of benzene rings is 2. The minimum absolute atomic E-state index is 0.00464. The SMILES string of the molecule is O=C(CN1C[C@@H]2C[C@](O)(Cc3ccc(C(F)(F)F)cc3)C[C@@H]2C1)c1ccc(O)cc1. The van der Waals surface area contributed by atoms with Crippen LogP contribution in [0, 0.1) is 11.8 Å². The third kappa shape index (κ3) is 4.52. The van der Waals surface area contributed by atoms with E-state index in [0.717, 1.165) is 25.2 Å². The van der Waals surface area contributed by atoms with Crippen LogP contribution in [0.5, 0.6) is 5.75 Å². The Balaban J connectivity index is 1.32. The van der Waals surface area contributed by atoms with Gasteiger partial charge in [0, 0.05) is 25.1 Å². The summed E-state index contributed by atoms with van der Waals surface area (Å²) in [5, 5.41) is 20.4. The largest absolute Gasteiger partial charge is 0.508 e. The minimum Gasteiger partial charge on any atom is -0.508 e. The summed E-state index contributed by atoms with van der Waals surface area (Å²) in [6, 6.07) is 11.2. The molecule has 0 bridgehead atoms. The zero-order valence-corrected chi connectivity index (χ0v) is 16.4. The molecule has 1 aliphatic heterocycles. The molecule has 7 heteroatoms. The molecule has 2 aliphatic rings. The molecule has 2 fully saturated rings. The fourth-order valence-corrected chi connectivity index (χ4v) is 4.96. The van der Waals surface area contributed by atoms with Crippen LogP contribution < -0.4 is 0 Å².